The molecule has 0 bridgehead atoms. The van der Waals surface area contributed by atoms with Crippen molar-refractivity contribution in [2.24, 2.45) is 0 Å². The summed E-state index contributed by atoms with van der Waals surface area (Å²) >= 11 is 2.14. The van der Waals surface area contributed by atoms with Crippen LogP contribution in [0, 0.1) is 3.70 Å². The molecule has 0 amide bonds. The Bertz CT molecular complexity index is 743. The summed E-state index contributed by atoms with van der Waals surface area (Å²) < 4.78 is 12.9. The van der Waals surface area contributed by atoms with Gasteiger partial charge in [0.05, 0.1) is 15.8 Å². The molecule has 23 heavy (non-hydrogen) atoms. The normalized spacial score (nSPS) is 11.5. The number of halogens is 1. The summed E-state index contributed by atoms with van der Waals surface area (Å²) in [6.45, 7) is 7.18. The zero-order valence-corrected chi connectivity index (χ0v) is 15.8. The molecule has 6 heteroatoms. The lowest BCUT2D eigenvalue weighted by Crippen LogP contribution is -2.27. The summed E-state index contributed by atoms with van der Waals surface area (Å²) in [5.74, 6) is -0.309. The third kappa shape index (κ3) is 4.25. The van der Waals surface area contributed by atoms with E-state index in [1.165, 1.54) is 6.92 Å². The van der Waals surface area contributed by atoms with E-state index in [1.54, 1.807) is 4.57 Å². The number of nitrogens with zero attached hydrogens (tertiary/aromatic N) is 1. The van der Waals surface area contributed by atoms with Gasteiger partial charge in [-0.1, -0.05) is 18.2 Å². The van der Waals surface area contributed by atoms with Crippen LogP contribution in [0.3, 0.4) is 0 Å². The molecule has 0 fully saturated rings. The van der Waals surface area contributed by atoms with Gasteiger partial charge in [-0.3, -0.25) is 4.79 Å². The molecule has 1 heterocycles. The molecule has 1 aromatic carbocycles. The Morgan fingerprint density at radius 1 is 1.22 bits per heavy atom. The van der Waals surface area contributed by atoms with Gasteiger partial charge in [0.1, 0.15) is 5.60 Å². The van der Waals surface area contributed by atoms with E-state index in [0.29, 0.717) is 6.42 Å². The van der Waals surface area contributed by atoms with Gasteiger partial charge in [0.25, 0.3) is 0 Å². The Kier molecular flexibility index (Phi) is 5.33. The van der Waals surface area contributed by atoms with Crippen LogP contribution in [0.15, 0.2) is 24.3 Å². The lowest BCUT2D eigenvalue weighted by molar-refractivity contribution is -0.140. The zero-order chi connectivity index (χ0) is 17.2. The number of hydrogen-bond acceptors (Lipinski definition) is 4. The Labute approximate surface area is 149 Å². The Morgan fingerprint density at radius 3 is 2.48 bits per heavy atom. The SMILES string of the molecule is CC(=O)OCCc1c(I)n(C(=O)OC(C)(C)C)c2ccccc12. The molecule has 0 unspecified atom stereocenters. The van der Waals surface area contributed by atoms with Gasteiger partial charge in [0.15, 0.2) is 0 Å². The second-order valence-corrected chi connectivity index (χ2v) is 7.21. The van der Waals surface area contributed by atoms with E-state index in [4.69, 9.17) is 9.47 Å². The van der Waals surface area contributed by atoms with E-state index in [2.05, 4.69) is 22.6 Å². The summed E-state index contributed by atoms with van der Waals surface area (Å²) in [5, 5.41) is 0.968. The molecule has 1 aromatic heterocycles. The molecule has 0 radical (unpaired) electrons. The third-order valence-electron chi connectivity index (χ3n) is 3.15. The number of hydrogen-bond donors (Lipinski definition) is 0. The monoisotopic (exact) mass is 429 g/mol. The fourth-order valence-corrected chi connectivity index (χ4v) is 3.31. The molecular formula is C17H20INO4. The van der Waals surface area contributed by atoms with Gasteiger partial charge in [-0.25, -0.2) is 9.36 Å². The number of rotatable bonds is 3. The number of carbonyl (C=O) groups excluding carboxylic acids is 2. The van der Waals surface area contributed by atoms with Gasteiger partial charge in [0.2, 0.25) is 0 Å². The number of benzene rings is 1. The molecule has 124 valence electrons. The Hall–Kier alpha value is -1.57. The second-order valence-electron chi connectivity index (χ2n) is 6.19. The lowest BCUT2D eigenvalue weighted by atomic mass is 10.1. The fourth-order valence-electron chi connectivity index (χ4n) is 2.30. The standard InChI is InChI=1S/C17H20INO4/c1-11(20)22-10-9-13-12-7-5-6-8-14(12)19(15(13)18)16(21)23-17(2,3)4/h5-8H,9-10H2,1-4H3. The number of aromatic nitrogens is 1. The van der Waals surface area contributed by atoms with E-state index in [0.717, 1.165) is 20.2 Å². The largest absolute Gasteiger partial charge is 0.466 e. The summed E-state index contributed by atoms with van der Waals surface area (Å²) in [5.41, 5.74) is 1.21. The van der Waals surface area contributed by atoms with Crippen LogP contribution < -0.4 is 0 Å². The predicted octanol–water partition coefficient (Wildman–Crippen LogP) is 4.13. The maximum atomic E-state index is 12.5. The van der Waals surface area contributed by atoms with Gasteiger partial charge in [-0.05, 0) is 55.0 Å². The minimum atomic E-state index is -0.566. The van der Waals surface area contributed by atoms with Gasteiger partial charge in [0, 0.05) is 18.7 Å². The highest BCUT2D eigenvalue weighted by Gasteiger charge is 2.24. The van der Waals surface area contributed by atoms with Crippen LogP contribution in [-0.4, -0.2) is 28.8 Å². The Balaban J connectivity index is 2.43. The molecule has 5 nitrogen and oxygen atoms in total. The minimum absolute atomic E-state index is 0.285. The smallest absolute Gasteiger partial charge is 0.419 e. The zero-order valence-electron chi connectivity index (χ0n) is 13.7. The van der Waals surface area contributed by atoms with Crippen molar-refractivity contribution in [3.8, 4) is 0 Å². The molecule has 0 spiro atoms. The van der Waals surface area contributed by atoms with Crippen molar-refractivity contribution >= 4 is 45.6 Å². The fraction of sp³-hybridized carbons (Fsp3) is 0.412. The van der Waals surface area contributed by atoms with Crippen molar-refractivity contribution in [2.75, 3.05) is 6.61 Å². The average molecular weight is 429 g/mol. The lowest BCUT2D eigenvalue weighted by Gasteiger charge is -2.20. The number of ether oxygens (including phenoxy) is 2. The number of fused-ring (bicyclic) bond motifs is 1. The average Bonchev–Trinajstić information content (AvgIpc) is 2.69. The van der Waals surface area contributed by atoms with Crippen molar-refractivity contribution in [1.29, 1.82) is 0 Å². The highest BCUT2D eigenvalue weighted by Crippen LogP contribution is 2.29. The van der Waals surface area contributed by atoms with Crippen LogP contribution in [0.2, 0.25) is 0 Å². The summed E-state index contributed by atoms with van der Waals surface area (Å²) in [6, 6.07) is 7.65. The predicted molar refractivity (Wildman–Crippen MR) is 96.6 cm³/mol. The maximum Gasteiger partial charge on any atom is 0.419 e. The van der Waals surface area contributed by atoms with E-state index in [9.17, 15) is 9.59 Å². The van der Waals surface area contributed by atoms with E-state index >= 15 is 0 Å². The third-order valence-corrected chi connectivity index (χ3v) is 4.28. The highest BCUT2D eigenvalue weighted by molar-refractivity contribution is 14.1. The van der Waals surface area contributed by atoms with Crippen molar-refractivity contribution in [3.05, 3.63) is 33.5 Å². The molecule has 0 saturated heterocycles. The van der Waals surface area contributed by atoms with E-state index in [-0.39, 0.29) is 12.6 Å². The first-order valence-corrected chi connectivity index (χ1v) is 8.43. The second kappa shape index (κ2) is 6.90. The summed E-state index contributed by atoms with van der Waals surface area (Å²) in [6.07, 6.45) is 0.144. The van der Waals surface area contributed by atoms with E-state index < -0.39 is 11.7 Å². The van der Waals surface area contributed by atoms with Gasteiger partial charge >= 0.3 is 12.1 Å². The summed E-state index contributed by atoms with van der Waals surface area (Å²) in [4.78, 5) is 23.5. The molecule has 0 atom stereocenters. The highest BCUT2D eigenvalue weighted by atomic mass is 127. The molecule has 0 aliphatic rings. The van der Waals surface area contributed by atoms with Crippen LogP contribution >= 0.6 is 22.6 Å². The van der Waals surface area contributed by atoms with Crippen molar-refractivity contribution in [1.82, 2.24) is 4.57 Å². The molecule has 0 aliphatic heterocycles. The van der Waals surface area contributed by atoms with Crippen molar-refractivity contribution in [2.45, 2.75) is 39.7 Å². The topological polar surface area (TPSA) is 57.5 Å². The first-order chi connectivity index (χ1) is 10.7. The molecular weight excluding hydrogens is 409 g/mol. The Morgan fingerprint density at radius 2 is 1.87 bits per heavy atom. The van der Waals surface area contributed by atoms with Crippen molar-refractivity contribution in [3.63, 3.8) is 0 Å². The molecule has 0 aliphatic carbocycles. The summed E-state index contributed by atoms with van der Waals surface area (Å²) in [7, 11) is 0. The van der Waals surface area contributed by atoms with Crippen LogP contribution in [0.5, 0.6) is 0 Å². The molecule has 0 saturated carbocycles. The number of carbonyl (C=O) groups is 2. The number of esters is 1. The van der Waals surface area contributed by atoms with Gasteiger partial charge in [-0.2, -0.15) is 0 Å². The first-order valence-electron chi connectivity index (χ1n) is 7.35. The van der Waals surface area contributed by atoms with Crippen LogP contribution in [0.1, 0.15) is 33.3 Å². The van der Waals surface area contributed by atoms with Crippen LogP contribution in [-0.2, 0) is 20.7 Å². The maximum absolute atomic E-state index is 12.5. The van der Waals surface area contributed by atoms with Gasteiger partial charge < -0.3 is 9.47 Å². The van der Waals surface area contributed by atoms with Crippen molar-refractivity contribution < 1.29 is 19.1 Å². The van der Waals surface area contributed by atoms with E-state index in [1.807, 2.05) is 45.0 Å². The molecule has 0 N–H and O–H groups in total. The molecule has 2 aromatic rings. The first kappa shape index (κ1) is 17.8. The van der Waals surface area contributed by atoms with Crippen LogP contribution in [0.25, 0.3) is 10.9 Å². The van der Waals surface area contributed by atoms with Gasteiger partial charge in [-0.15, -0.1) is 0 Å². The minimum Gasteiger partial charge on any atom is -0.466 e. The van der Waals surface area contributed by atoms with Crippen LogP contribution in [0.4, 0.5) is 4.79 Å². The quantitative estimate of drug-likeness (QED) is 0.544. The number of para-hydroxylation sites is 1. The molecule has 2 rings (SSSR count).